The number of carbonyl (C=O) groups excluding carboxylic acids is 1. The minimum absolute atomic E-state index is 0.0219. The van der Waals surface area contributed by atoms with E-state index in [9.17, 15) is 9.90 Å². The van der Waals surface area contributed by atoms with Crippen molar-refractivity contribution in [2.75, 3.05) is 7.05 Å². The van der Waals surface area contributed by atoms with E-state index in [4.69, 9.17) is 0 Å². The van der Waals surface area contributed by atoms with Gasteiger partial charge in [0.1, 0.15) is 5.60 Å². The van der Waals surface area contributed by atoms with Crippen molar-refractivity contribution < 1.29 is 9.90 Å². The van der Waals surface area contributed by atoms with Gasteiger partial charge in [0.2, 0.25) is 0 Å². The quantitative estimate of drug-likeness (QED) is 0.873. The average Bonchev–Trinajstić information content (AvgIpc) is 3.05. The van der Waals surface area contributed by atoms with Crippen LogP contribution in [0.25, 0.3) is 0 Å². The predicted octanol–water partition coefficient (Wildman–Crippen LogP) is 3.70. The fourth-order valence-corrected chi connectivity index (χ4v) is 2.88. The van der Waals surface area contributed by atoms with E-state index in [0.29, 0.717) is 5.56 Å². The zero-order valence-corrected chi connectivity index (χ0v) is 14.6. The molecule has 120 valence electrons. The van der Waals surface area contributed by atoms with Gasteiger partial charge in [-0.15, -0.1) is 11.3 Å². The first kappa shape index (κ1) is 17.3. The van der Waals surface area contributed by atoms with E-state index in [-0.39, 0.29) is 11.9 Å². The molecule has 0 saturated heterocycles. The van der Waals surface area contributed by atoms with E-state index >= 15 is 0 Å². The molecule has 1 aromatic carbocycles. The lowest BCUT2D eigenvalue weighted by Crippen LogP contribution is -2.29. The molecule has 0 radical (unpaired) electrons. The van der Waals surface area contributed by atoms with Gasteiger partial charge in [-0.25, -0.2) is 0 Å². The smallest absolute Gasteiger partial charge is 0.254 e. The Balaban J connectivity index is 2.20. The highest BCUT2D eigenvalue weighted by Gasteiger charge is 2.19. The van der Waals surface area contributed by atoms with Crippen molar-refractivity contribution in [3.05, 3.63) is 57.8 Å². The van der Waals surface area contributed by atoms with Crippen LogP contribution >= 0.6 is 11.3 Å². The summed E-state index contributed by atoms with van der Waals surface area (Å²) < 4.78 is 0. The van der Waals surface area contributed by atoms with Crippen molar-refractivity contribution >= 4 is 17.2 Å². The molecule has 0 aliphatic rings. The number of amides is 1. The highest BCUT2D eigenvalue weighted by molar-refractivity contribution is 7.10. The lowest BCUT2D eigenvalue weighted by Gasteiger charge is -2.24. The van der Waals surface area contributed by atoms with Crippen LogP contribution in [0, 0.1) is 11.8 Å². The molecule has 0 spiro atoms. The molecule has 2 aromatic rings. The third-order valence-corrected chi connectivity index (χ3v) is 4.52. The van der Waals surface area contributed by atoms with Gasteiger partial charge in [0, 0.05) is 23.1 Å². The topological polar surface area (TPSA) is 40.5 Å². The Morgan fingerprint density at radius 3 is 2.65 bits per heavy atom. The maximum atomic E-state index is 12.7. The minimum Gasteiger partial charge on any atom is -0.378 e. The van der Waals surface area contributed by atoms with Gasteiger partial charge in [-0.05, 0) is 50.4 Å². The molecule has 0 bridgehead atoms. The summed E-state index contributed by atoms with van der Waals surface area (Å²) in [5, 5.41) is 11.7. The summed E-state index contributed by atoms with van der Waals surface area (Å²) >= 11 is 1.64. The standard InChI is InChI=1S/C19H21NO2S/c1-14(17-9-6-12-23-17)20(4)18(21)16-8-5-7-15(13-16)10-11-19(2,3)22/h5-9,12-14,22H,1-4H3. The molecule has 3 nitrogen and oxygen atoms in total. The third kappa shape index (κ3) is 4.69. The lowest BCUT2D eigenvalue weighted by atomic mass is 10.1. The van der Waals surface area contributed by atoms with Gasteiger partial charge in [-0.1, -0.05) is 24.0 Å². The largest absolute Gasteiger partial charge is 0.378 e. The Kier molecular flexibility index (Phi) is 5.25. The van der Waals surface area contributed by atoms with E-state index in [1.54, 1.807) is 42.2 Å². The SMILES string of the molecule is CC(c1cccs1)N(C)C(=O)c1cccc(C#CC(C)(C)O)c1. The molecule has 1 N–H and O–H groups in total. The minimum atomic E-state index is -1.05. The van der Waals surface area contributed by atoms with Crippen LogP contribution < -0.4 is 0 Å². The normalized spacial score (nSPS) is 12.2. The van der Waals surface area contributed by atoms with Crippen LogP contribution in [0.4, 0.5) is 0 Å². The Labute approximate surface area is 141 Å². The Morgan fingerprint density at radius 2 is 2.04 bits per heavy atom. The van der Waals surface area contributed by atoms with Crippen molar-refractivity contribution in [2.24, 2.45) is 0 Å². The summed E-state index contributed by atoms with van der Waals surface area (Å²) in [6.45, 7) is 5.28. The maximum absolute atomic E-state index is 12.7. The fraction of sp³-hybridized carbons (Fsp3) is 0.316. The summed E-state index contributed by atoms with van der Waals surface area (Å²) in [6.07, 6.45) is 0. The summed E-state index contributed by atoms with van der Waals surface area (Å²) in [6, 6.07) is 11.2. The molecule has 1 unspecified atom stereocenters. The van der Waals surface area contributed by atoms with E-state index < -0.39 is 5.60 Å². The fourth-order valence-electron chi connectivity index (χ4n) is 2.05. The van der Waals surface area contributed by atoms with Crippen LogP contribution in [0.1, 0.15) is 47.6 Å². The lowest BCUT2D eigenvalue weighted by molar-refractivity contribution is 0.0745. The molecule has 1 aromatic heterocycles. The summed E-state index contributed by atoms with van der Waals surface area (Å²) in [5.74, 6) is 5.62. The number of aliphatic hydroxyl groups is 1. The zero-order valence-electron chi connectivity index (χ0n) is 13.8. The van der Waals surface area contributed by atoms with Crippen molar-refractivity contribution in [3.8, 4) is 11.8 Å². The Hall–Kier alpha value is -2.09. The molecular formula is C19H21NO2S. The number of hydrogen-bond acceptors (Lipinski definition) is 3. The number of hydrogen-bond donors (Lipinski definition) is 1. The van der Waals surface area contributed by atoms with E-state index in [1.165, 1.54) is 0 Å². The highest BCUT2D eigenvalue weighted by atomic mass is 32.1. The van der Waals surface area contributed by atoms with Crippen LogP contribution in [0.15, 0.2) is 41.8 Å². The highest BCUT2D eigenvalue weighted by Crippen LogP contribution is 2.24. The van der Waals surface area contributed by atoms with Crippen LogP contribution in [0.2, 0.25) is 0 Å². The van der Waals surface area contributed by atoms with Gasteiger partial charge >= 0.3 is 0 Å². The zero-order chi connectivity index (χ0) is 17.0. The van der Waals surface area contributed by atoms with Gasteiger partial charge in [0.25, 0.3) is 5.91 Å². The van der Waals surface area contributed by atoms with Crippen LogP contribution in [0.3, 0.4) is 0 Å². The number of carbonyl (C=O) groups is 1. The molecule has 0 aliphatic heterocycles. The summed E-state index contributed by atoms with van der Waals surface area (Å²) in [4.78, 5) is 15.5. The Bertz CT molecular complexity index is 733. The molecular weight excluding hydrogens is 306 g/mol. The second kappa shape index (κ2) is 6.99. The molecule has 1 atom stereocenters. The molecule has 4 heteroatoms. The van der Waals surface area contributed by atoms with E-state index in [0.717, 1.165) is 10.4 Å². The number of nitrogens with zero attached hydrogens (tertiary/aromatic N) is 1. The van der Waals surface area contributed by atoms with Gasteiger partial charge in [0.15, 0.2) is 0 Å². The van der Waals surface area contributed by atoms with E-state index in [1.807, 2.05) is 43.6 Å². The molecule has 1 amide bonds. The molecule has 0 aliphatic carbocycles. The summed E-state index contributed by atoms with van der Waals surface area (Å²) in [5.41, 5.74) is 0.262. The molecule has 1 heterocycles. The van der Waals surface area contributed by atoms with Gasteiger partial charge in [0.05, 0.1) is 6.04 Å². The average molecular weight is 327 g/mol. The number of thiophene rings is 1. The van der Waals surface area contributed by atoms with Crippen LogP contribution in [0.5, 0.6) is 0 Å². The van der Waals surface area contributed by atoms with Crippen molar-refractivity contribution in [2.45, 2.75) is 32.4 Å². The van der Waals surface area contributed by atoms with Gasteiger partial charge < -0.3 is 10.0 Å². The third-order valence-electron chi connectivity index (χ3n) is 3.48. The first-order valence-electron chi connectivity index (χ1n) is 7.44. The first-order valence-corrected chi connectivity index (χ1v) is 8.32. The number of benzene rings is 1. The molecule has 23 heavy (non-hydrogen) atoms. The second-order valence-electron chi connectivity index (χ2n) is 6.00. The summed E-state index contributed by atoms with van der Waals surface area (Å²) in [7, 11) is 1.81. The van der Waals surface area contributed by atoms with Crippen LogP contribution in [-0.4, -0.2) is 28.6 Å². The second-order valence-corrected chi connectivity index (χ2v) is 6.98. The molecule has 0 saturated carbocycles. The maximum Gasteiger partial charge on any atom is 0.254 e. The van der Waals surface area contributed by atoms with E-state index in [2.05, 4.69) is 11.8 Å². The van der Waals surface area contributed by atoms with Crippen LogP contribution in [-0.2, 0) is 0 Å². The van der Waals surface area contributed by atoms with Crippen molar-refractivity contribution in [3.63, 3.8) is 0 Å². The number of rotatable bonds is 3. The Morgan fingerprint density at radius 1 is 1.30 bits per heavy atom. The van der Waals surface area contributed by atoms with Gasteiger partial charge in [-0.2, -0.15) is 0 Å². The predicted molar refractivity (Wildman–Crippen MR) is 94.4 cm³/mol. The first-order chi connectivity index (χ1) is 10.8. The monoisotopic (exact) mass is 327 g/mol. The van der Waals surface area contributed by atoms with Crippen molar-refractivity contribution in [1.29, 1.82) is 0 Å². The van der Waals surface area contributed by atoms with Gasteiger partial charge in [-0.3, -0.25) is 4.79 Å². The molecule has 2 rings (SSSR count). The van der Waals surface area contributed by atoms with Crippen molar-refractivity contribution in [1.82, 2.24) is 4.90 Å². The molecule has 0 fully saturated rings.